The van der Waals surface area contributed by atoms with Crippen molar-refractivity contribution in [3.8, 4) is 0 Å². The van der Waals surface area contributed by atoms with Crippen molar-refractivity contribution in [2.24, 2.45) is 0 Å². The Bertz CT molecular complexity index is 880. The number of thioether (sulfide) groups is 1. The maximum atomic E-state index is 11.8. The van der Waals surface area contributed by atoms with Gasteiger partial charge in [-0.1, -0.05) is 6.07 Å². The van der Waals surface area contributed by atoms with E-state index in [-0.39, 0.29) is 5.91 Å². The lowest BCUT2D eigenvalue weighted by Gasteiger charge is -2.35. The van der Waals surface area contributed by atoms with E-state index in [1.165, 1.54) is 16.1 Å². The Labute approximate surface area is 162 Å². The Hall–Kier alpha value is -2.32. The van der Waals surface area contributed by atoms with Crippen LogP contribution in [0.4, 0.5) is 11.6 Å². The maximum absolute atomic E-state index is 11.8. The number of anilines is 2. The maximum Gasteiger partial charge on any atom is 0.254 e. The van der Waals surface area contributed by atoms with Gasteiger partial charge in [0.25, 0.3) is 5.91 Å². The van der Waals surface area contributed by atoms with Crippen molar-refractivity contribution in [2.75, 3.05) is 48.8 Å². The summed E-state index contributed by atoms with van der Waals surface area (Å²) < 4.78 is 0. The SMILES string of the molecule is O=C1NCCc2nc(N3CCN(Cc4ccc5c(c4)NCS5)CC3)ncc21. The highest BCUT2D eigenvalue weighted by molar-refractivity contribution is 7.99. The predicted octanol–water partition coefficient (Wildman–Crippen LogP) is 1.56. The van der Waals surface area contributed by atoms with Crippen LogP contribution in [0.15, 0.2) is 29.3 Å². The third-order valence-electron chi connectivity index (χ3n) is 5.34. The lowest BCUT2D eigenvalue weighted by Crippen LogP contribution is -2.46. The molecular formula is C19H22N6OS. The molecule has 0 atom stereocenters. The molecule has 140 valence electrons. The molecule has 5 rings (SSSR count). The number of fused-ring (bicyclic) bond motifs is 2. The quantitative estimate of drug-likeness (QED) is 0.835. The van der Waals surface area contributed by atoms with Gasteiger partial charge in [-0.2, -0.15) is 0 Å². The molecule has 4 heterocycles. The van der Waals surface area contributed by atoms with Gasteiger partial charge in [-0.3, -0.25) is 9.69 Å². The molecule has 0 radical (unpaired) electrons. The Kier molecular flexibility index (Phi) is 4.37. The number of nitrogens with one attached hydrogen (secondary N) is 2. The number of nitrogens with zero attached hydrogens (tertiary/aromatic N) is 4. The molecule has 0 aliphatic carbocycles. The Morgan fingerprint density at radius 2 is 2.04 bits per heavy atom. The largest absolute Gasteiger partial charge is 0.375 e. The van der Waals surface area contributed by atoms with E-state index in [4.69, 9.17) is 0 Å². The number of carbonyl (C=O) groups excluding carboxylic acids is 1. The minimum atomic E-state index is -0.0603. The fraction of sp³-hybridized carbons (Fsp3) is 0.421. The van der Waals surface area contributed by atoms with E-state index in [1.54, 1.807) is 6.20 Å². The molecule has 27 heavy (non-hydrogen) atoms. The standard InChI is InChI=1S/C19H22N6OS/c26-18-14-10-21-19(23-15(14)3-4-20-18)25-7-5-24(6-8-25)11-13-1-2-17-16(9-13)22-12-27-17/h1-2,9-10,22H,3-8,11-12H2,(H,20,26). The van der Waals surface area contributed by atoms with Crippen LogP contribution in [0.25, 0.3) is 0 Å². The van der Waals surface area contributed by atoms with E-state index in [1.807, 2.05) is 11.8 Å². The smallest absolute Gasteiger partial charge is 0.254 e. The molecule has 1 saturated heterocycles. The number of hydrogen-bond donors (Lipinski definition) is 2. The van der Waals surface area contributed by atoms with Gasteiger partial charge in [0.05, 0.1) is 17.1 Å². The monoisotopic (exact) mass is 382 g/mol. The van der Waals surface area contributed by atoms with Crippen LogP contribution in [-0.2, 0) is 13.0 Å². The average Bonchev–Trinajstić information content (AvgIpc) is 3.16. The van der Waals surface area contributed by atoms with Crippen molar-refractivity contribution in [1.29, 1.82) is 0 Å². The molecule has 0 bridgehead atoms. The van der Waals surface area contributed by atoms with Gasteiger partial charge < -0.3 is 15.5 Å². The predicted molar refractivity (Wildman–Crippen MR) is 106 cm³/mol. The van der Waals surface area contributed by atoms with Gasteiger partial charge >= 0.3 is 0 Å². The summed E-state index contributed by atoms with van der Waals surface area (Å²) >= 11 is 1.86. The topological polar surface area (TPSA) is 73.4 Å². The Balaban J connectivity index is 1.22. The van der Waals surface area contributed by atoms with E-state index < -0.39 is 0 Å². The Morgan fingerprint density at radius 1 is 1.15 bits per heavy atom. The summed E-state index contributed by atoms with van der Waals surface area (Å²) in [6.45, 7) is 5.41. The van der Waals surface area contributed by atoms with Gasteiger partial charge in [0, 0.05) is 62.5 Å². The summed E-state index contributed by atoms with van der Waals surface area (Å²) in [5, 5.41) is 6.26. The first-order valence-corrected chi connectivity index (χ1v) is 10.4. The first-order chi connectivity index (χ1) is 13.3. The molecule has 1 aromatic heterocycles. The van der Waals surface area contributed by atoms with Crippen LogP contribution < -0.4 is 15.5 Å². The second-order valence-corrected chi connectivity index (χ2v) is 8.11. The molecule has 0 unspecified atom stereocenters. The van der Waals surface area contributed by atoms with E-state index in [9.17, 15) is 4.79 Å². The first kappa shape index (κ1) is 16.8. The fourth-order valence-corrected chi connectivity index (χ4v) is 4.66. The molecular weight excluding hydrogens is 360 g/mol. The van der Waals surface area contributed by atoms with Crippen molar-refractivity contribution in [3.63, 3.8) is 0 Å². The molecule has 2 N–H and O–H groups in total. The first-order valence-electron chi connectivity index (χ1n) is 9.37. The van der Waals surface area contributed by atoms with Crippen LogP contribution in [0.1, 0.15) is 21.6 Å². The Morgan fingerprint density at radius 3 is 2.93 bits per heavy atom. The third-order valence-corrected chi connectivity index (χ3v) is 6.30. The van der Waals surface area contributed by atoms with Gasteiger partial charge in [-0.05, 0) is 17.7 Å². The van der Waals surface area contributed by atoms with Crippen LogP contribution in [-0.4, -0.2) is 59.4 Å². The zero-order chi connectivity index (χ0) is 18.2. The molecule has 0 spiro atoms. The number of rotatable bonds is 3. The van der Waals surface area contributed by atoms with E-state index in [0.29, 0.717) is 12.1 Å². The zero-order valence-corrected chi connectivity index (χ0v) is 15.9. The number of amides is 1. The van der Waals surface area contributed by atoms with Crippen LogP contribution in [0, 0.1) is 0 Å². The second kappa shape index (κ2) is 7.01. The highest BCUT2D eigenvalue weighted by atomic mass is 32.2. The second-order valence-electron chi connectivity index (χ2n) is 7.10. The summed E-state index contributed by atoms with van der Waals surface area (Å²) in [6, 6.07) is 6.74. The van der Waals surface area contributed by atoms with E-state index in [0.717, 1.165) is 56.7 Å². The molecule has 3 aliphatic rings. The minimum absolute atomic E-state index is 0.0603. The minimum Gasteiger partial charge on any atom is -0.375 e. The van der Waals surface area contributed by atoms with E-state index >= 15 is 0 Å². The summed E-state index contributed by atoms with van der Waals surface area (Å²) in [4.78, 5) is 27.0. The van der Waals surface area contributed by atoms with Crippen LogP contribution in [0.3, 0.4) is 0 Å². The summed E-state index contributed by atoms with van der Waals surface area (Å²) in [7, 11) is 0. The number of piperazine rings is 1. The summed E-state index contributed by atoms with van der Waals surface area (Å²) in [5.74, 6) is 1.66. The normalized spacial score (nSPS) is 19.3. The highest BCUT2D eigenvalue weighted by Gasteiger charge is 2.23. The fourth-order valence-electron chi connectivity index (χ4n) is 3.82. The molecule has 2 aromatic rings. The summed E-state index contributed by atoms with van der Waals surface area (Å²) in [6.07, 6.45) is 2.45. The van der Waals surface area contributed by atoms with Crippen LogP contribution in [0.5, 0.6) is 0 Å². The molecule has 1 aromatic carbocycles. The summed E-state index contributed by atoms with van der Waals surface area (Å²) in [5.41, 5.74) is 4.11. The van der Waals surface area contributed by atoms with Crippen molar-refractivity contribution >= 4 is 29.3 Å². The third kappa shape index (κ3) is 3.35. The molecule has 1 fully saturated rings. The molecule has 3 aliphatic heterocycles. The van der Waals surface area contributed by atoms with E-state index in [2.05, 4.69) is 48.6 Å². The lowest BCUT2D eigenvalue weighted by atomic mass is 10.1. The van der Waals surface area contributed by atoms with Gasteiger partial charge in [-0.25, -0.2) is 9.97 Å². The lowest BCUT2D eigenvalue weighted by molar-refractivity contribution is 0.0944. The van der Waals surface area contributed by atoms with Gasteiger partial charge in [0.15, 0.2) is 0 Å². The number of carbonyl (C=O) groups is 1. The average molecular weight is 382 g/mol. The highest BCUT2D eigenvalue weighted by Crippen LogP contribution is 2.34. The van der Waals surface area contributed by atoms with Crippen LogP contribution >= 0.6 is 11.8 Å². The molecule has 7 nitrogen and oxygen atoms in total. The number of aromatic nitrogens is 2. The van der Waals surface area contributed by atoms with Crippen molar-refractivity contribution < 1.29 is 4.79 Å². The zero-order valence-electron chi connectivity index (χ0n) is 15.1. The van der Waals surface area contributed by atoms with Gasteiger partial charge in [-0.15, -0.1) is 11.8 Å². The van der Waals surface area contributed by atoms with Crippen LogP contribution in [0.2, 0.25) is 0 Å². The van der Waals surface area contributed by atoms with Crippen molar-refractivity contribution in [3.05, 3.63) is 41.2 Å². The number of benzene rings is 1. The number of hydrogen-bond acceptors (Lipinski definition) is 7. The molecule has 1 amide bonds. The van der Waals surface area contributed by atoms with Crippen molar-refractivity contribution in [2.45, 2.75) is 17.9 Å². The van der Waals surface area contributed by atoms with Gasteiger partial charge in [0.1, 0.15) is 0 Å². The van der Waals surface area contributed by atoms with Crippen molar-refractivity contribution in [1.82, 2.24) is 20.2 Å². The molecule has 0 saturated carbocycles. The molecule has 8 heteroatoms. The van der Waals surface area contributed by atoms with Gasteiger partial charge in [0.2, 0.25) is 5.95 Å².